The van der Waals surface area contributed by atoms with Crippen LogP contribution in [0.25, 0.3) is 0 Å². The predicted molar refractivity (Wildman–Crippen MR) is 43.5 cm³/mol. The minimum absolute atomic E-state index is 0.157. The van der Waals surface area contributed by atoms with Gasteiger partial charge in [0.25, 0.3) is 0 Å². The van der Waals surface area contributed by atoms with Gasteiger partial charge in [0.15, 0.2) is 0 Å². The van der Waals surface area contributed by atoms with Crippen molar-refractivity contribution in [2.45, 2.75) is 18.6 Å². The molecule has 6 heteroatoms. The van der Waals surface area contributed by atoms with Crippen LogP contribution in [-0.2, 0) is 9.59 Å². The highest BCUT2D eigenvalue weighted by Crippen LogP contribution is 2.09. The maximum Gasteiger partial charge on any atom is 0.237 e. The summed E-state index contributed by atoms with van der Waals surface area (Å²) >= 11 is 0. The van der Waals surface area contributed by atoms with E-state index in [0.717, 1.165) is 0 Å². The third-order valence-corrected chi connectivity index (χ3v) is 1.83. The Bertz CT molecular complexity index is 222. The molecule has 0 aromatic heterocycles. The number of carbonyl (C=O) groups is 2. The standard InChI is InChI=1S/C7H12FN3O2/c8-4-1-5(10-2-4)7(13)11-3-6(9)12/h4-5,10H,1-3H2,(H2,9,12)(H,11,13)/t4-,5+/m0/s1. The molecule has 1 aliphatic rings. The molecule has 13 heavy (non-hydrogen) atoms. The monoisotopic (exact) mass is 189 g/mol. The van der Waals surface area contributed by atoms with Gasteiger partial charge in [0.05, 0.1) is 12.6 Å². The lowest BCUT2D eigenvalue weighted by Crippen LogP contribution is -2.43. The number of nitrogens with one attached hydrogen (secondary N) is 2. The molecule has 0 bridgehead atoms. The van der Waals surface area contributed by atoms with Crippen LogP contribution in [0.1, 0.15) is 6.42 Å². The largest absolute Gasteiger partial charge is 0.368 e. The quantitative estimate of drug-likeness (QED) is 0.494. The van der Waals surface area contributed by atoms with Crippen LogP contribution in [0.4, 0.5) is 4.39 Å². The lowest BCUT2D eigenvalue weighted by molar-refractivity contribution is -0.126. The molecule has 74 valence electrons. The molecule has 5 nitrogen and oxygen atoms in total. The fourth-order valence-electron chi connectivity index (χ4n) is 1.19. The van der Waals surface area contributed by atoms with E-state index in [1.54, 1.807) is 0 Å². The molecule has 1 rings (SSSR count). The van der Waals surface area contributed by atoms with E-state index in [-0.39, 0.29) is 25.4 Å². The van der Waals surface area contributed by atoms with Crippen LogP contribution in [0.15, 0.2) is 0 Å². The van der Waals surface area contributed by atoms with Crippen molar-refractivity contribution in [2.75, 3.05) is 13.1 Å². The van der Waals surface area contributed by atoms with Crippen LogP contribution in [-0.4, -0.2) is 37.1 Å². The number of primary amides is 1. The van der Waals surface area contributed by atoms with Crippen molar-refractivity contribution < 1.29 is 14.0 Å². The van der Waals surface area contributed by atoms with E-state index in [2.05, 4.69) is 10.6 Å². The van der Waals surface area contributed by atoms with Gasteiger partial charge in [-0.3, -0.25) is 9.59 Å². The van der Waals surface area contributed by atoms with E-state index in [9.17, 15) is 14.0 Å². The van der Waals surface area contributed by atoms with Crippen LogP contribution < -0.4 is 16.4 Å². The van der Waals surface area contributed by atoms with Crippen molar-refractivity contribution >= 4 is 11.8 Å². The van der Waals surface area contributed by atoms with Gasteiger partial charge < -0.3 is 16.4 Å². The fourth-order valence-corrected chi connectivity index (χ4v) is 1.19. The number of nitrogens with two attached hydrogens (primary N) is 1. The highest BCUT2D eigenvalue weighted by Gasteiger charge is 2.28. The van der Waals surface area contributed by atoms with E-state index in [1.165, 1.54) is 0 Å². The molecule has 0 saturated carbocycles. The fraction of sp³-hybridized carbons (Fsp3) is 0.714. The topological polar surface area (TPSA) is 84.2 Å². The molecule has 0 aliphatic carbocycles. The molecular formula is C7H12FN3O2. The van der Waals surface area contributed by atoms with E-state index in [0.29, 0.717) is 0 Å². The van der Waals surface area contributed by atoms with Gasteiger partial charge in [0, 0.05) is 13.0 Å². The molecule has 0 aromatic rings. The van der Waals surface area contributed by atoms with Crippen LogP contribution >= 0.6 is 0 Å². The number of hydrogen-bond acceptors (Lipinski definition) is 3. The summed E-state index contributed by atoms with van der Waals surface area (Å²) in [7, 11) is 0. The molecule has 2 amide bonds. The van der Waals surface area contributed by atoms with Crippen LogP contribution in [0.5, 0.6) is 0 Å². The summed E-state index contributed by atoms with van der Waals surface area (Å²) in [5.74, 6) is -0.984. The van der Waals surface area contributed by atoms with E-state index in [1.807, 2.05) is 0 Å². The Hall–Kier alpha value is -1.17. The Morgan fingerprint density at radius 3 is 2.77 bits per heavy atom. The molecule has 1 fully saturated rings. The summed E-state index contributed by atoms with van der Waals surface area (Å²) in [6.07, 6.45) is -0.825. The van der Waals surface area contributed by atoms with Gasteiger partial charge in [-0.1, -0.05) is 0 Å². The minimum Gasteiger partial charge on any atom is -0.368 e. The molecule has 1 saturated heterocycles. The third kappa shape index (κ3) is 2.98. The molecule has 2 atom stereocenters. The number of halogens is 1. The first-order valence-electron chi connectivity index (χ1n) is 4.03. The van der Waals surface area contributed by atoms with Gasteiger partial charge in [-0.2, -0.15) is 0 Å². The highest BCUT2D eigenvalue weighted by atomic mass is 19.1. The lowest BCUT2D eigenvalue weighted by atomic mass is 10.2. The van der Waals surface area contributed by atoms with E-state index < -0.39 is 18.1 Å². The lowest BCUT2D eigenvalue weighted by Gasteiger charge is -2.08. The Morgan fingerprint density at radius 1 is 1.62 bits per heavy atom. The van der Waals surface area contributed by atoms with Gasteiger partial charge in [0.1, 0.15) is 6.17 Å². The smallest absolute Gasteiger partial charge is 0.237 e. The number of rotatable bonds is 3. The Kier molecular flexibility index (Phi) is 3.18. The average molecular weight is 189 g/mol. The van der Waals surface area contributed by atoms with Crippen molar-refractivity contribution in [3.8, 4) is 0 Å². The van der Waals surface area contributed by atoms with Crippen molar-refractivity contribution in [3.05, 3.63) is 0 Å². The Morgan fingerprint density at radius 2 is 2.31 bits per heavy atom. The molecule has 0 radical (unpaired) electrons. The molecule has 0 aromatic carbocycles. The second-order valence-corrected chi connectivity index (χ2v) is 2.98. The Labute approximate surface area is 74.9 Å². The zero-order chi connectivity index (χ0) is 9.84. The van der Waals surface area contributed by atoms with Crippen molar-refractivity contribution in [2.24, 2.45) is 5.73 Å². The van der Waals surface area contributed by atoms with Gasteiger partial charge >= 0.3 is 0 Å². The van der Waals surface area contributed by atoms with Gasteiger partial charge in [-0.15, -0.1) is 0 Å². The summed E-state index contributed by atoms with van der Waals surface area (Å²) in [5, 5.41) is 4.99. The minimum atomic E-state index is -0.982. The number of alkyl halides is 1. The van der Waals surface area contributed by atoms with E-state index >= 15 is 0 Å². The van der Waals surface area contributed by atoms with E-state index in [4.69, 9.17) is 5.73 Å². The molecular weight excluding hydrogens is 177 g/mol. The highest BCUT2D eigenvalue weighted by molar-refractivity contribution is 5.86. The zero-order valence-electron chi connectivity index (χ0n) is 7.05. The normalized spacial score (nSPS) is 27.2. The second-order valence-electron chi connectivity index (χ2n) is 2.98. The van der Waals surface area contributed by atoms with Crippen LogP contribution in [0.3, 0.4) is 0 Å². The first kappa shape index (κ1) is 9.91. The average Bonchev–Trinajstić information content (AvgIpc) is 2.47. The first-order valence-corrected chi connectivity index (χ1v) is 4.03. The summed E-state index contributed by atoms with van der Waals surface area (Å²) in [6, 6.07) is -0.533. The van der Waals surface area contributed by atoms with Gasteiger partial charge in [-0.05, 0) is 0 Å². The summed E-state index contributed by atoms with van der Waals surface area (Å²) in [6.45, 7) is -0.0113. The molecule has 0 spiro atoms. The molecule has 4 N–H and O–H groups in total. The molecule has 1 aliphatic heterocycles. The second kappa shape index (κ2) is 4.18. The number of carbonyl (C=O) groups excluding carboxylic acids is 2. The SMILES string of the molecule is NC(=O)CNC(=O)[C@H]1C[C@H](F)CN1. The number of hydrogen-bond donors (Lipinski definition) is 3. The van der Waals surface area contributed by atoms with Crippen molar-refractivity contribution in [1.29, 1.82) is 0 Å². The zero-order valence-corrected chi connectivity index (χ0v) is 7.05. The molecule has 0 unspecified atom stereocenters. The summed E-state index contributed by atoms with van der Waals surface area (Å²) in [5.41, 5.74) is 4.82. The van der Waals surface area contributed by atoms with Gasteiger partial charge in [0.2, 0.25) is 11.8 Å². The predicted octanol–water partition coefficient (Wildman–Crippen LogP) is -1.71. The van der Waals surface area contributed by atoms with Crippen LogP contribution in [0, 0.1) is 0 Å². The maximum atomic E-state index is 12.6. The maximum absolute atomic E-state index is 12.6. The first-order chi connectivity index (χ1) is 6.09. The van der Waals surface area contributed by atoms with Crippen LogP contribution in [0.2, 0.25) is 0 Å². The Balaban J connectivity index is 2.27. The molecule has 1 heterocycles. The summed E-state index contributed by atoms with van der Waals surface area (Å²) in [4.78, 5) is 21.4. The third-order valence-electron chi connectivity index (χ3n) is 1.83. The summed E-state index contributed by atoms with van der Waals surface area (Å²) < 4.78 is 12.6. The van der Waals surface area contributed by atoms with Crippen molar-refractivity contribution in [1.82, 2.24) is 10.6 Å². The van der Waals surface area contributed by atoms with Crippen molar-refractivity contribution in [3.63, 3.8) is 0 Å². The van der Waals surface area contributed by atoms with Gasteiger partial charge in [-0.25, -0.2) is 4.39 Å². The number of amides is 2.